The lowest BCUT2D eigenvalue weighted by Gasteiger charge is -2.18. The van der Waals surface area contributed by atoms with Crippen LogP contribution in [0.15, 0.2) is 5.38 Å². The molecule has 5 heteroatoms. The van der Waals surface area contributed by atoms with Gasteiger partial charge in [0.15, 0.2) is 10.6 Å². The number of aromatic amines is 1. The van der Waals surface area contributed by atoms with E-state index in [2.05, 4.69) is 34.0 Å². The van der Waals surface area contributed by atoms with Crippen molar-refractivity contribution in [2.24, 2.45) is 5.92 Å². The highest BCUT2D eigenvalue weighted by Gasteiger charge is 2.22. The predicted octanol–water partition coefficient (Wildman–Crippen LogP) is 3.81. The van der Waals surface area contributed by atoms with Gasteiger partial charge in [-0.2, -0.15) is 5.10 Å². The number of aromatic nitrogens is 3. The summed E-state index contributed by atoms with van der Waals surface area (Å²) in [5.74, 6) is 1.82. The molecule has 1 N–H and O–H groups in total. The van der Waals surface area contributed by atoms with E-state index in [4.69, 9.17) is 12.2 Å². The van der Waals surface area contributed by atoms with E-state index in [0.29, 0.717) is 0 Å². The number of fused-ring (bicyclic) bond motifs is 1. The van der Waals surface area contributed by atoms with Crippen molar-refractivity contribution in [2.45, 2.75) is 39.7 Å². The molecule has 3 rings (SSSR count). The Labute approximate surface area is 116 Å². The Balaban J connectivity index is 2.10. The Morgan fingerprint density at radius 1 is 1.61 bits per heavy atom. The summed E-state index contributed by atoms with van der Waals surface area (Å²) in [4.78, 5) is 1.54. The molecule has 0 saturated heterocycles. The van der Waals surface area contributed by atoms with Gasteiger partial charge in [-0.1, -0.05) is 6.92 Å². The number of nitrogens with zero attached hydrogens (tertiary/aromatic N) is 2. The van der Waals surface area contributed by atoms with Crippen molar-refractivity contribution in [1.29, 1.82) is 0 Å². The second kappa shape index (κ2) is 4.63. The summed E-state index contributed by atoms with van der Waals surface area (Å²) in [5.41, 5.74) is 2.79. The summed E-state index contributed by atoms with van der Waals surface area (Å²) in [6.07, 6.45) is 3.68. The molecule has 2 aromatic rings. The van der Waals surface area contributed by atoms with Gasteiger partial charge in [0.25, 0.3) is 0 Å². The lowest BCUT2D eigenvalue weighted by molar-refractivity contribution is 0.508. The van der Waals surface area contributed by atoms with E-state index in [-0.39, 0.29) is 0 Å². The lowest BCUT2D eigenvalue weighted by Crippen LogP contribution is -2.09. The summed E-state index contributed by atoms with van der Waals surface area (Å²) in [6.45, 7) is 5.31. The van der Waals surface area contributed by atoms with E-state index >= 15 is 0 Å². The smallest absolute Gasteiger partial charge is 0.195 e. The molecule has 0 radical (unpaired) electrons. The van der Waals surface area contributed by atoms with Gasteiger partial charge in [0.2, 0.25) is 0 Å². The fourth-order valence-corrected chi connectivity index (χ4v) is 4.19. The average Bonchev–Trinajstić information content (AvgIpc) is 2.91. The summed E-state index contributed by atoms with van der Waals surface area (Å²) in [5, 5.41) is 9.57. The van der Waals surface area contributed by atoms with Crippen LogP contribution in [-0.4, -0.2) is 14.8 Å². The van der Waals surface area contributed by atoms with Crippen LogP contribution in [0.5, 0.6) is 0 Å². The van der Waals surface area contributed by atoms with Crippen LogP contribution in [0.4, 0.5) is 0 Å². The van der Waals surface area contributed by atoms with Gasteiger partial charge in [-0.25, -0.2) is 0 Å². The minimum absolute atomic E-state index is 0.719. The zero-order valence-electron chi connectivity index (χ0n) is 10.7. The van der Waals surface area contributed by atoms with Gasteiger partial charge >= 0.3 is 0 Å². The summed E-state index contributed by atoms with van der Waals surface area (Å²) < 4.78 is 2.80. The van der Waals surface area contributed by atoms with Crippen molar-refractivity contribution in [3.63, 3.8) is 0 Å². The molecule has 0 aromatic carbocycles. The van der Waals surface area contributed by atoms with E-state index < -0.39 is 0 Å². The fraction of sp³-hybridized carbons (Fsp3) is 0.538. The number of thiophene rings is 1. The fourth-order valence-electron chi connectivity index (χ4n) is 2.68. The average molecular weight is 279 g/mol. The minimum atomic E-state index is 0.719. The van der Waals surface area contributed by atoms with Crippen molar-refractivity contribution < 1.29 is 0 Å². The van der Waals surface area contributed by atoms with Gasteiger partial charge in [-0.15, -0.1) is 11.3 Å². The molecule has 0 spiro atoms. The van der Waals surface area contributed by atoms with Crippen LogP contribution in [-0.2, 0) is 19.4 Å². The third kappa shape index (κ3) is 1.86. The van der Waals surface area contributed by atoms with Crippen LogP contribution in [0.1, 0.15) is 30.7 Å². The summed E-state index contributed by atoms with van der Waals surface area (Å²) >= 11 is 7.15. The molecule has 1 aliphatic carbocycles. The van der Waals surface area contributed by atoms with Crippen LogP contribution in [0.3, 0.4) is 0 Å². The molecule has 0 saturated carbocycles. The summed E-state index contributed by atoms with van der Waals surface area (Å²) in [6, 6.07) is 0. The highest BCUT2D eigenvalue weighted by atomic mass is 32.1. The number of rotatable bonds is 2. The molecule has 0 fully saturated rings. The SMILES string of the molecule is CCn1c(-c2csc3c2CC[C@H](C)C3)n[nH]c1=S. The van der Waals surface area contributed by atoms with Crippen molar-refractivity contribution in [3.05, 3.63) is 20.6 Å². The van der Waals surface area contributed by atoms with E-state index in [9.17, 15) is 0 Å². The van der Waals surface area contributed by atoms with Crippen LogP contribution >= 0.6 is 23.6 Å². The quantitative estimate of drug-likeness (QED) is 0.848. The molecule has 2 aromatic heterocycles. The Morgan fingerprint density at radius 3 is 3.22 bits per heavy atom. The molecule has 0 unspecified atom stereocenters. The largest absolute Gasteiger partial charge is 0.300 e. The van der Waals surface area contributed by atoms with Crippen LogP contribution in [0, 0.1) is 10.7 Å². The van der Waals surface area contributed by atoms with Crippen LogP contribution in [0.25, 0.3) is 11.4 Å². The minimum Gasteiger partial charge on any atom is -0.300 e. The number of hydrogen-bond acceptors (Lipinski definition) is 3. The van der Waals surface area contributed by atoms with E-state index in [1.54, 1.807) is 4.88 Å². The third-order valence-electron chi connectivity index (χ3n) is 3.72. The van der Waals surface area contributed by atoms with Crippen LogP contribution in [0.2, 0.25) is 0 Å². The Kier molecular flexibility index (Phi) is 3.11. The molecule has 3 nitrogen and oxygen atoms in total. The Bertz CT molecular complexity index is 620. The van der Waals surface area contributed by atoms with E-state index in [1.807, 2.05) is 11.3 Å². The highest BCUT2D eigenvalue weighted by molar-refractivity contribution is 7.71. The second-order valence-electron chi connectivity index (χ2n) is 5.00. The van der Waals surface area contributed by atoms with Gasteiger partial charge in [0.1, 0.15) is 0 Å². The normalized spacial score (nSPS) is 18.9. The number of nitrogens with one attached hydrogen (secondary N) is 1. The molecule has 0 bridgehead atoms. The monoisotopic (exact) mass is 279 g/mol. The van der Waals surface area contributed by atoms with Gasteiger partial charge < -0.3 is 4.57 Å². The van der Waals surface area contributed by atoms with Crippen molar-refractivity contribution >= 4 is 23.6 Å². The zero-order chi connectivity index (χ0) is 12.7. The van der Waals surface area contributed by atoms with E-state index in [0.717, 1.165) is 23.1 Å². The first-order valence-electron chi connectivity index (χ1n) is 6.45. The molecule has 2 heterocycles. The maximum Gasteiger partial charge on any atom is 0.195 e. The second-order valence-corrected chi connectivity index (χ2v) is 6.35. The van der Waals surface area contributed by atoms with Gasteiger partial charge in [-0.05, 0) is 49.9 Å². The highest BCUT2D eigenvalue weighted by Crippen LogP contribution is 2.37. The standard InChI is InChI=1S/C13H17N3S2/c1-3-16-12(14-15-13(16)17)10-7-18-11-6-8(2)4-5-9(10)11/h7-8H,3-6H2,1-2H3,(H,15,17)/t8-/m0/s1. The van der Waals surface area contributed by atoms with Gasteiger partial charge in [0.05, 0.1) is 0 Å². The molecule has 0 amide bonds. The Morgan fingerprint density at radius 2 is 2.44 bits per heavy atom. The molecule has 0 aliphatic heterocycles. The maximum absolute atomic E-state index is 5.27. The number of hydrogen-bond donors (Lipinski definition) is 1. The first-order chi connectivity index (χ1) is 8.70. The molecule has 18 heavy (non-hydrogen) atoms. The van der Waals surface area contributed by atoms with Crippen molar-refractivity contribution in [1.82, 2.24) is 14.8 Å². The van der Waals surface area contributed by atoms with Crippen molar-refractivity contribution in [2.75, 3.05) is 0 Å². The molecule has 96 valence electrons. The first kappa shape index (κ1) is 12.1. The molecule has 1 aliphatic rings. The van der Waals surface area contributed by atoms with Crippen LogP contribution < -0.4 is 0 Å². The van der Waals surface area contributed by atoms with Gasteiger partial charge in [-0.3, -0.25) is 5.10 Å². The van der Waals surface area contributed by atoms with Crippen molar-refractivity contribution in [3.8, 4) is 11.4 Å². The zero-order valence-corrected chi connectivity index (χ0v) is 12.3. The molecular formula is C13H17N3S2. The van der Waals surface area contributed by atoms with E-state index in [1.165, 1.54) is 30.4 Å². The summed E-state index contributed by atoms with van der Waals surface area (Å²) in [7, 11) is 0. The lowest BCUT2D eigenvalue weighted by atomic mass is 9.88. The van der Waals surface area contributed by atoms with Gasteiger partial charge in [0, 0.05) is 22.4 Å². The number of H-pyrrole nitrogens is 1. The maximum atomic E-state index is 5.27. The third-order valence-corrected chi connectivity index (χ3v) is 5.08. The molecular weight excluding hydrogens is 262 g/mol. The predicted molar refractivity (Wildman–Crippen MR) is 77.6 cm³/mol. The first-order valence-corrected chi connectivity index (χ1v) is 7.74. The topological polar surface area (TPSA) is 33.6 Å². The Hall–Kier alpha value is -0.940. The molecule has 1 atom stereocenters.